The zero-order chi connectivity index (χ0) is 14.1. The van der Waals surface area contributed by atoms with Gasteiger partial charge in [0.25, 0.3) is 0 Å². The minimum atomic E-state index is -3.20. The summed E-state index contributed by atoms with van der Waals surface area (Å²) in [7, 11) is -3.20. The van der Waals surface area contributed by atoms with Crippen molar-refractivity contribution in [2.24, 2.45) is 0 Å². The highest BCUT2D eigenvalue weighted by Crippen LogP contribution is 2.08. The summed E-state index contributed by atoms with van der Waals surface area (Å²) in [6, 6.07) is 9.22. The maximum atomic E-state index is 11.4. The van der Waals surface area contributed by atoms with Crippen LogP contribution in [0.3, 0.4) is 0 Å². The van der Waals surface area contributed by atoms with Crippen LogP contribution < -0.4 is 14.8 Å². The summed E-state index contributed by atoms with van der Waals surface area (Å²) in [4.78, 5) is 11.4. The second-order valence-electron chi connectivity index (χ2n) is 3.93. The average molecular weight is 286 g/mol. The van der Waals surface area contributed by atoms with Gasteiger partial charge >= 0.3 is 0 Å². The van der Waals surface area contributed by atoms with Crippen LogP contribution in [0, 0.1) is 0 Å². The molecule has 0 fully saturated rings. The van der Waals surface area contributed by atoms with Gasteiger partial charge < -0.3 is 10.1 Å². The van der Waals surface area contributed by atoms with Crippen LogP contribution in [0.2, 0.25) is 0 Å². The SMILES string of the molecule is CS(=O)(=O)NCCNC(=O)CCOc1ccccc1. The highest BCUT2D eigenvalue weighted by Gasteiger charge is 2.03. The number of hydrogen-bond donors (Lipinski definition) is 2. The highest BCUT2D eigenvalue weighted by molar-refractivity contribution is 7.88. The highest BCUT2D eigenvalue weighted by atomic mass is 32.2. The van der Waals surface area contributed by atoms with Crippen LogP contribution in [-0.2, 0) is 14.8 Å². The number of benzene rings is 1. The Morgan fingerprint density at radius 1 is 1.21 bits per heavy atom. The van der Waals surface area contributed by atoms with Crippen molar-refractivity contribution in [2.45, 2.75) is 6.42 Å². The van der Waals surface area contributed by atoms with E-state index in [2.05, 4.69) is 10.0 Å². The van der Waals surface area contributed by atoms with Crippen LogP contribution in [0.25, 0.3) is 0 Å². The van der Waals surface area contributed by atoms with E-state index in [4.69, 9.17) is 4.74 Å². The van der Waals surface area contributed by atoms with Crippen molar-refractivity contribution in [3.63, 3.8) is 0 Å². The van der Waals surface area contributed by atoms with E-state index in [1.807, 2.05) is 30.3 Å². The summed E-state index contributed by atoms with van der Waals surface area (Å²) in [5.74, 6) is 0.542. The predicted octanol–water partition coefficient (Wildman–Crippen LogP) is 0.121. The van der Waals surface area contributed by atoms with Crippen molar-refractivity contribution in [3.05, 3.63) is 30.3 Å². The third-order valence-corrected chi connectivity index (χ3v) is 2.88. The van der Waals surface area contributed by atoms with Gasteiger partial charge in [-0.25, -0.2) is 13.1 Å². The molecule has 1 rings (SSSR count). The van der Waals surface area contributed by atoms with E-state index in [1.54, 1.807) is 0 Å². The van der Waals surface area contributed by atoms with E-state index < -0.39 is 10.0 Å². The van der Waals surface area contributed by atoms with Gasteiger partial charge in [0, 0.05) is 13.1 Å². The Morgan fingerprint density at radius 2 is 1.89 bits per heavy atom. The summed E-state index contributed by atoms with van der Waals surface area (Å²) in [6.45, 7) is 0.733. The molecular weight excluding hydrogens is 268 g/mol. The third kappa shape index (κ3) is 8.17. The molecule has 2 N–H and O–H groups in total. The molecule has 0 aliphatic rings. The molecule has 7 heteroatoms. The van der Waals surface area contributed by atoms with Gasteiger partial charge in [-0.1, -0.05) is 18.2 Å². The number of sulfonamides is 1. The van der Waals surface area contributed by atoms with Gasteiger partial charge in [-0.3, -0.25) is 4.79 Å². The molecule has 106 valence electrons. The van der Waals surface area contributed by atoms with Crippen LogP contribution in [0.4, 0.5) is 0 Å². The monoisotopic (exact) mass is 286 g/mol. The zero-order valence-corrected chi connectivity index (χ0v) is 11.6. The van der Waals surface area contributed by atoms with Crippen molar-refractivity contribution >= 4 is 15.9 Å². The van der Waals surface area contributed by atoms with Crippen molar-refractivity contribution in [3.8, 4) is 5.75 Å². The molecule has 0 bridgehead atoms. The Hall–Kier alpha value is -1.60. The molecule has 0 radical (unpaired) electrons. The molecule has 0 aliphatic carbocycles. The lowest BCUT2D eigenvalue weighted by Gasteiger charge is -2.07. The Kier molecular flexibility index (Phi) is 6.31. The van der Waals surface area contributed by atoms with Gasteiger partial charge in [0.2, 0.25) is 15.9 Å². The first kappa shape index (κ1) is 15.5. The quantitative estimate of drug-likeness (QED) is 0.665. The Morgan fingerprint density at radius 3 is 2.53 bits per heavy atom. The first-order chi connectivity index (χ1) is 8.97. The number of rotatable bonds is 8. The van der Waals surface area contributed by atoms with E-state index in [1.165, 1.54) is 0 Å². The van der Waals surface area contributed by atoms with Crippen molar-refractivity contribution < 1.29 is 17.9 Å². The van der Waals surface area contributed by atoms with Crippen molar-refractivity contribution in [2.75, 3.05) is 26.0 Å². The molecule has 0 spiro atoms. The van der Waals surface area contributed by atoms with Crippen LogP contribution in [-0.4, -0.2) is 40.3 Å². The van der Waals surface area contributed by atoms with Gasteiger partial charge in [-0.15, -0.1) is 0 Å². The van der Waals surface area contributed by atoms with Crippen LogP contribution in [0.1, 0.15) is 6.42 Å². The Labute approximate surface area is 113 Å². The standard InChI is InChI=1S/C12H18N2O4S/c1-19(16,17)14-9-8-13-12(15)7-10-18-11-5-3-2-4-6-11/h2-6,14H,7-10H2,1H3,(H,13,15). The lowest BCUT2D eigenvalue weighted by molar-refractivity contribution is -0.121. The predicted molar refractivity (Wildman–Crippen MR) is 72.4 cm³/mol. The molecule has 1 aromatic carbocycles. The summed E-state index contributed by atoms with van der Waals surface area (Å²) in [5, 5.41) is 2.60. The number of amides is 1. The molecule has 0 heterocycles. The van der Waals surface area contributed by atoms with Gasteiger partial charge in [0.15, 0.2) is 0 Å². The van der Waals surface area contributed by atoms with Gasteiger partial charge in [-0.05, 0) is 12.1 Å². The second-order valence-corrected chi connectivity index (χ2v) is 5.76. The number of nitrogens with one attached hydrogen (secondary N) is 2. The van der Waals surface area contributed by atoms with Crippen molar-refractivity contribution in [1.29, 1.82) is 0 Å². The first-order valence-corrected chi connectivity index (χ1v) is 7.76. The Balaban J connectivity index is 2.08. The maximum Gasteiger partial charge on any atom is 0.223 e. The molecule has 19 heavy (non-hydrogen) atoms. The third-order valence-electron chi connectivity index (χ3n) is 2.15. The number of carbonyl (C=O) groups is 1. The van der Waals surface area contributed by atoms with E-state index in [0.29, 0.717) is 5.75 Å². The summed E-state index contributed by atoms with van der Waals surface area (Å²) in [6.07, 6.45) is 1.30. The normalized spacial score (nSPS) is 11.0. The van der Waals surface area contributed by atoms with E-state index in [-0.39, 0.29) is 32.0 Å². The number of hydrogen-bond acceptors (Lipinski definition) is 4. The molecular formula is C12H18N2O4S. The largest absolute Gasteiger partial charge is 0.493 e. The van der Waals surface area contributed by atoms with Gasteiger partial charge in [0.05, 0.1) is 19.3 Å². The summed E-state index contributed by atoms with van der Waals surface area (Å²) >= 11 is 0. The molecule has 0 aromatic heterocycles. The minimum absolute atomic E-state index is 0.175. The lowest BCUT2D eigenvalue weighted by atomic mass is 10.3. The fourth-order valence-electron chi connectivity index (χ4n) is 1.31. The fraction of sp³-hybridized carbons (Fsp3) is 0.417. The van der Waals surface area contributed by atoms with E-state index in [0.717, 1.165) is 6.26 Å². The molecule has 0 unspecified atom stereocenters. The van der Waals surface area contributed by atoms with Gasteiger partial charge in [0.1, 0.15) is 5.75 Å². The van der Waals surface area contributed by atoms with Crippen LogP contribution in [0.15, 0.2) is 30.3 Å². The maximum absolute atomic E-state index is 11.4. The molecule has 0 aliphatic heterocycles. The molecule has 0 atom stereocenters. The molecule has 6 nitrogen and oxygen atoms in total. The summed E-state index contributed by atoms with van der Waals surface area (Å²) < 4.78 is 29.2. The average Bonchev–Trinajstić information content (AvgIpc) is 2.35. The molecule has 0 saturated carbocycles. The van der Waals surface area contributed by atoms with Crippen LogP contribution >= 0.6 is 0 Å². The van der Waals surface area contributed by atoms with Gasteiger partial charge in [-0.2, -0.15) is 0 Å². The molecule has 1 aromatic rings. The topological polar surface area (TPSA) is 84.5 Å². The van der Waals surface area contributed by atoms with Crippen LogP contribution in [0.5, 0.6) is 5.75 Å². The zero-order valence-electron chi connectivity index (χ0n) is 10.8. The Bertz CT molecular complexity index is 488. The number of para-hydroxylation sites is 1. The van der Waals surface area contributed by atoms with Crippen molar-refractivity contribution in [1.82, 2.24) is 10.0 Å². The number of ether oxygens (including phenoxy) is 1. The fourth-order valence-corrected chi connectivity index (χ4v) is 1.78. The number of carbonyl (C=O) groups excluding carboxylic acids is 1. The lowest BCUT2D eigenvalue weighted by Crippen LogP contribution is -2.34. The summed E-state index contributed by atoms with van der Waals surface area (Å²) in [5.41, 5.74) is 0. The first-order valence-electron chi connectivity index (χ1n) is 5.86. The van der Waals surface area contributed by atoms with E-state index >= 15 is 0 Å². The molecule has 1 amide bonds. The minimum Gasteiger partial charge on any atom is -0.493 e. The second kappa shape index (κ2) is 7.75. The smallest absolute Gasteiger partial charge is 0.223 e. The molecule has 0 saturated heterocycles. The van der Waals surface area contributed by atoms with E-state index in [9.17, 15) is 13.2 Å².